The smallest absolute Gasteiger partial charge is 0.187 e. The Morgan fingerprint density at radius 1 is 1.10 bits per heavy atom. The summed E-state index contributed by atoms with van der Waals surface area (Å²) in [6.45, 7) is 0. The topological polar surface area (TPSA) is 93.4 Å². The minimum absolute atomic E-state index is 0.452. The number of nitriles is 1. The Labute approximate surface area is 115 Å². The number of hydrogen-bond acceptors (Lipinski definition) is 5. The zero-order chi connectivity index (χ0) is 13.9. The van der Waals surface area contributed by atoms with E-state index in [9.17, 15) is 0 Å². The maximum absolute atomic E-state index is 8.86. The molecule has 6 nitrogen and oxygen atoms in total. The summed E-state index contributed by atoms with van der Waals surface area (Å²) in [7, 11) is 0. The molecular weight excluding hydrogens is 252 g/mol. The van der Waals surface area contributed by atoms with Gasteiger partial charge in [0.1, 0.15) is 0 Å². The molecule has 0 unspecified atom stereocenters. The van der Waals surface area contributed by atoms with E-state index in [1.165, 1.54) is 0 Å². The highest BCUT2D eigenvalue weighted by molar-refractivity contribution is 5.65. The minimum atomic E-state index is 0.452. The SMILES string of the molecule is N#Cc1ccc(-n2nnnc2-c2ccccc2)c(N)c1. The molecule has 3 rings (SSSR count). The lowest BCUT2D eigenvalue weighted by Crippen LogP contribution is -2.04. The maximum Gasteiger partial charge on any atom is 0.187 e. The molecule has 96 valence electrons. The number of anilines is 1. The monoisotopic (exact) mass is 262 g/mol. The van der Waals surface area contributed by atoms with Crippen LogP contribution < -0.4 is 5.73 Å². The van der Waals surface area contributed by atoms with Gasteiger partial charge >= 0.3 is 0 Å². The van der Waals surface area contributed by atoms with E-state index in [4.69, 9.17) is 11.0 Å². The van der Waals surface area contributed by atoms with Gasteiger partial charge in [0.25, 0.3) is 0 Å². The molecule has 1 heterocycles. The lowest BCUT2D eigenvalue weighted by atomic mass is 10.1. The number of nitrogens with zero attached hydrogens (tertiary/aromatic N) is 5. The van der Waals surface area contributed by atoms with E-state index in [1.807, 2.05) is 36.4 Å². The second-order valence-electron chi connectivity index (χ2n) is 4.17. The van der Waals surface area contributed by atoms with E-state index in [-0.39, 0.29) is 0 Å². The van der Waals surface area contributed by atoms with Crippen molar-refractivity contribution in [1.29, 1.82) is 5.26 Å². The first-order valence-electron chi connectivity index (χ1n) is 5.93. The molecule has 6 heteroatoms. The highest BCUT2D eigenvalue weighted by Crippen LogP contribution is 2.23. The third-order valence-corrected chi connectivity index (χ3v) is 2.89. The van der Waals surface area contributed by atoms with Crippen molar-refractivity contribution >= 4 is 5.69 Å². The van der Waals surface area contributed by atoms with Crippen molar-refractivity contribution in [2.45, 2.75) is 0 Å². The molecular formula is C14H10N6. The molecule has 0 radical (unpaired) electrons. The van der Waals surface area contributed by atoms with Crippen LogP contribution in [0.1, 0.15) is 5.56 Å². The predicted octanol–water partition coefficient (Wildman–Crippen LogP) is 1.78. The van der Waals surface area contributed by atoms with Crippen molar-refractivity contribution in [2.24, 2.45) is 0 Å². The van der Waals surface area contributed by atoms with Crippen LogP contribution in [0.3, 0.4) is 0 Å². The van der Waals surface area contributed by atoms with Crippen molar-refractivity contribution in [3.8, 4) is 23.1 Å². The molecule has 0 bridgehead atoms. The first-order valence-corrected chi connectivity index (χ1v) is 5.93. The van der Waals surface area contributed by atoms with E-state index in [2.05, 4.69) is 15.5 Å². The van der Waals surface area contributed by atoms with Crippen LogP contribution in [0.15, 0.2) is 48.5 Å². The van der Waals surface area contributed by atoms with Gasteiger partial charge in [-0.15, -0.1) is 5.10 Å². The number of aromatic nitrogens is 4. The summed E-state index contributed by atoms with van der Waals surface area (Å²) >= 11 is 0. The number of hydrogen-bond donors (Lipinski definition) is 1. The summed E-state index contributed by atoms with van der Waals surface area (Å²) in [6.07, 6.45) is 0. The molecule has 0 aliphatic carbocycles. The van der Waals surface area contributed by atoms with Gasteiger partial charge in [0.15, 0.2) is 5.82 Å². The molecule has 2 N–H and O–H groups in total. The number of benzene rings is 2. The molecule has 3 aromatic rings. The molecule has 0 aliphatic rings. The summed E-state index contributed by atoms with van der Waals surface area (Å²) in [6, 6.07) is 16.7. The molecule has 0 saturated heterocycles. The van der Waals surface area contributed by atoms with Gasteiger partial charge in [0, 0.05) is 5.56 Å². The fraction of sp³-hybridized carbons (Fsp3) is 0. The Morgan fingerprint density at radius 3 is 2.60 bits per heavy atom. The summed E-state index contributed by atoms with van der Waals surface area (Å²) in [5.74, 6) is 0.599. The molecule has 1 aromatic heterocycles. The van der Waals surface area contributed by atoms with Gasteiger partial charge in [-0.25, -0.2) is 0 Å². The molecule has 0 spiro atoms. The van der Waals surface area contributed by atoms with E-state index in [1.54, 1.807) is 22.9 Å². The van der Waals surface area contributed by atoms with E-state index in [0.29, 0.717) is 22.8 Å². The average molecular weight is 262 g/mol. The third-order valence-electron chi connectivity index (χ3n) is 2.89. The number of tetrazole rings is 1. The zero-order valence-electron chi connectivity index (χ0n) is 10.4. The lowest BCUT2D eigenvalue weighted by Gasteiger charge is -2.07. The normalized spacial score (nSPS) is 10.2. The molecule has 20 heavy (non-hydrogen) atoms. The van der Waals surface area contributed by atoms with Crippen LogP contribution in [0.25, 0.3) is 17.1 Å². The third kappa shape index (κ3) is 1.97. The van der Waals surface area contributed by atoms with E-state index in [0.717, 1.165) is 5.56 Å². The fourth-order valence-corrected chi connectivity index (χ4v) is 1.93. The van der Waals surface area contributed by atoms with Crippen LogP contribution in [-0.4, -0.2) is 20.2 Å². The largest absolute Gasteiger partial charge is 0.397 e. The number of nitrogens with two attached hydrogens (primary N) is 1. The molecule has 0 fully saturated rings. The van der Waals surface area contributed by atoms with Crippen LogP contribution >= 0.6 is 0 Å². The average Bonchev–Trinajstić information content (AvgIpc) is 2.97. The lowest BCUT2D eigenvalue weighted by molar-refractivity contribution is 0.792. The Balaban J connectivity index is 2.14. The van der Waals surface area contributed by atoms with Crippen molar-refractivity contribution in [2.75, 3.05) is 5.73 Å². The second kappa shape index (κ2) is 4.82. The zero-order valence-corrected chi connectivity index (χ0v) is 10.4. The van der Waals surface area contributed by atoms with Crippen LogP contribution in [0.5, 0.6) is 0 Å². The van der Waals surface area contributed by atoms with Crippen molar-refractivity contribution < 1.29 is 0 Å². The van der Waals surface area contributed by atoms with E-state index < -0.39 is 0 Å². The fourth-order valence-electron chi connectivity index (χ4n) is 1.93. The van der Waals surface area contributed by atoms with Gasteiger partial charge in [-0.1, -0.05) is 30.3 Å². The second-order valence-corrected chi connectivity index (χ2v) is 4.17. The summed E-state index contributed by atoms with van der Waals surface area (Å²) in [5, 5.41) is 20.6. The van der Waals surface area contributed by atoms with E-state index >= 15 is 0 Å². The van der Waals surface area contributed by atoms with Crippen molar-refractivity contribution in [3.63, 3.8) is 0 Å². The van der Waals surface area contributed by atoms with Gasteiger partial charge in [0.05, 0.1) is 23.0 Å². The van der Waals surface area contributed by atoms with Crippen LogP contribution in [-0.2, 0) is 0 Å². The maximum atomic E-state index is 8.86. The first-order chi connectivity index (χ1) is 9.79. The van der Waals surface area contributed by atoms with Gasteiger partial charge in [-0.05, 0) is 28.6 Å². The van der Waals surface area contributed by atoms with Gasteiger partial charge in [-0.3, -0.25) is 0 Å². The minimum Gasteiger partial charge on any atom is -0.397 e. The predicted molar refractivity (Wildman–Crippen MR) is 73.7 cm³/mol. The van der Waals surface area contributed by atoms with Crippen LogP contribution in [0.2, 0.25) is 0 Å². The van der Waals surface area contributed by atoms with Gasteiger partial charge in [0.2, 0.25) is 0 Å². The molecule has 2 aromatic carbocycles. The van der Waals surface area contributed by atoms with Gasteiger partial charge < -0.3 is 5.73 Å². The molecule has 0 amide bonds. The number of rotatable bonds is 2. The Morgan fingerprint density at radius 2 is 1.90 bits per heavy atom. The van der Waals surface area contributed by atoms with Crippen molar-refractivity contribution in [3.05, 3.63) is 54.1 Å². The first kappa shape index (κ1) is 11.9. The quantitative estimate of drug-likeness (QED) is 0.710. The molecule has 0 aliphatic heterocycles. The van der Waals surface area contributed by atoms with Crippen molar-refractivity contribution in [1.82, 2.24) is 20.2 Å². The highest BCUT2D eigenvalue weighted by atomic mass is 15.5. The summed E-state index contributed by atoms with van der Waals surface area (Å²) < 4.78 is 1.56. The Hall–Kier alpha value is -3.20. The van der Waals surface area contributed by atoms with Gasteiger partial charge in [-0.2, -0.15) is 9.94 Å². The summed E-state index contributed by atoms with van der Waals surface area (Å²) in [4.78, 5) is 0. The molecule has 0 atom stereocenters. The van der Waals surface area contributed by atoms with Crippen LogP contribution in [0.4, 0.5) is 5.69 Å². The van der Waals surface area contributed by atoms with Crippen LogP contribution in [0, 0.1) is 11.3 Å². The molecule has 0 saturated carbocycles. The number of nitrogen functional groups attached to an aromatic ring is 1. The summed E-state index contributed by atoms with van der Waals surface area (Å²) in [5.41, 5.74) is 8.46. The standard InChI is InChI=1S/C14H10N6/c15-9-10-6-7-13(12(16)8-10)20-14(17-18-19-20)11-4-2-1-3-5-11/h1-8H,16H2. The highest BCUT2D eigenvalue weighted by Gasteiger charge is 2.12. The Bertz CT molecular complexity index is 785. The Kier molecular flexibility index (Phi) is 2.86.